The molecule has 0 bridgehead atoms. The van der Waals surface area contributed by atoms with Crippen LogP contribution in [-0.4, -0.2) is 49.8 Å². The Bertz CT molecular complexity index is 520. The maximum atomic E-state index is 12.6. The molecular formula is C13H15F3N2O3. The van der Waals surface area contributed by atoms with E-state index in [2.05, 4.69) is 0 Å². The molecule has 1 aromatic carbocycles. The minimum absolute atomic E-state index is 0.0462. The van der Waals surface area contributed by atoms with Crippen molar-refractivity contribution in [1.29, 1.82) is 0 Å². The maximum Gasteiger partial charge on any atom is 0.406 e. The second kappa shape index (κ2) is 6.21. The van der Waals surface area contributed by atoms with Crippen molar-refractivity contribution < 1.29 is 27.4 Å². The lowest BCUT2D eigenvalue weighted by atomic mass is 10.1. The van der Waals surface area contributed by atoms with Crippen molar-refractivity contribution in [3.8, 4) is 11.5 Å². The smallest absolute Gasteiger partial charge is 0.406 e. The standard InChI is InChI=1S/C13H15F3N2O3/c14-13(15,16)8-18(5-4-17)12(19)9-2-1-3-10-11(9)21-7-6-20-10/h1-3H,4-8,17H2. The number of benzene rings is 1. The molecule has 2 rings (SSSR count). The summed E-state index contributed by atoms with van der Waals surface area (Å²) in [6.45, 7) is -1.03. The van der Waals surface area contributed by atoms with Gasteiger partial charge in [-0.25, -0.2) is 0 Å². The number of halogens is 3. The molecule has 0 saturated carbocycles. The Balaban J connectivity index is 2.28. The number of rotatable bonds is 4. The van der Waals surface area contributed by atoms with Crippen molar-refractivity contribution in [2.45, 2.75) is 6.18 Å². The summed E-state index contributed by atoms with van der Waals surface area (Å²) in [6.07, 6.45) is -4.49. The highest BCUT2D eigenvalue weighted by atomic mass is 19.4. The summed E-state index contributed by atoms with van der Waals surface area (Å²) in [6, 6.07) is 4.55. The van der Waals surface area contributed by atoms with Crippen LogP contribution in [0.2, 0.25) is 0 Å². The van der Waals surface area contributed by atoms with Gasteiger partial charge in [0.1, 0.15) is 19.8 Å². The van der Waals surface area contributed by atoms with Crippen LogP contribution in [0.1, 0.15) is 10.4 Å². The Morgan fingerprint density at radius 1 is 1.29 bits per heavy atom. The van der Waals surface area contributed by atoms with Gasteiger partial charge >= 0.3 is 6.18 Å². The lowest BCUT2D eigenvalue weighted by Gasteiger charge is -2.26. The summed E-state index contributed by atoms with van der Waals surface area (Å²) in [5.41, 5.74) is 5.33. The summed E-state index contributed by atoms with van der Waals surface area (Å²) >= 11 is 0. The van der Waals surface area contributed by atoms with E-state index in [1.165, 1.54) is 12.1 Å². The zero-order valence-electron chi connectivity index (χ0n) is 11.2. The van der Waals surface area contributed by atoms with Crippen molar-refractivity contribution in [1.82, 2.24) is 4.90 Å². The van der Waals surface area contributed by atoms with E-state index >= 15 is 0 Å². The number of nitrogens with two attached hydrogens (primary N) is 1. The molecule has 0 unspecified atom stereocenters. The molecule has 21 heavy (non-hydrogen) atoms. The van der Waals surface area contributed by atoms with Gasteiger partial charge in [-0.2, -0.15) is 13.2 Å². The molecule has 0 fully saturated rings. The fraction of sp³-hybridized carbons (Fsp3) is 0.462. The molecule has 1 heterocycles. The summed E-state index contributed by atoms with van der Waals surface area (Å²) in [5, 5.41) is 0. The third kappa shape index (κ3) is 3.78. The largest absolute Gasteiger partial charge is 0.486 e. The molecule has 0 aliphatic carbocycles. The van der Waals surface area contributed by atoms with Gasteiger partial charge in [0.05, 0.1) is 5.56 Å². The Morgan fingerprint density at radius 2 is 2.00 bits per heavy atom. The van der Waals surface area contributed by atoms with E-state index in [1.807, 2.05) is 0 Å². The van der Waals surface area contributed by atoms with E-state index < -0.39 is 18.6 Å². The first-order chi connectivity index (χ1) is 9.92. The molecule has 0 atom stereocenters. The lowest BCUT2D eigenvalue weighted by Crippen LogP contribution is -2.42. The topological polar surface area (TPSA) is 64.8 Å². The molecule has 1 aliphatic heterocycles. The average Bonchev–Trinajstić information content (AvgIpc) is 2.44. The third-order valence-electron chi connectivity index (χ3n) is 2.85. The molecule has 1 aliphatic rings. The summed E-state index contributed by atoms with van der Waals surface area (Å²) in [7, 11) is 0. The maximum absolute atomic E-state index is 12.6. The first-order valence-corrected chi connectivity index (χ1v) is 6.37. The monoisotopic (exact) mass is 304 g/mol. The van der Waals surface area contributed by atoms with Gasteiger partial charge in [0.25, 0.3) is 5.91 Å². The van der Waals surface area contributed by atoms with Crippen molar-refractivity contribution in [2.24, 2.45) is 5.73 Å². The Hall–Kier alpha value is -1.96. The third-order valence-corrected chi connectivity index (χ3v) is 2.85. The fourth-order valence-corrected chi connectivity index (χ4v) is 2.04. The summed E-state index contributed by atoms with van der Waals surface area (Å²) in [5.74, 6) is -0.245. The minimum atomic E-state index is -4.49. The van der Waals surface area contributed by atoms with Crippen LogP contribution in [0.15, 0.2) is 18.2 Å². The number of alkyl halides is 3. The zero-order chi connectivity index (χ0) is 15.5. The van der Waals surface area contributed by atoms with E-state index in [9.17, 15) is 18.0 Å². The molecule has 0 saturated heterocycles. The molecule has 8 heteroatoms. The SMILES string of the molecule is NCCN(CC(F)(F)F)C(=O)c1cccc2c1OCCO2. The zero-order valence-corrected chi connectivity index (χ0v) is 11.2. The molecule has 1 amide bonds. The van der Waals surface area contributed by atoms with E-state index in [0.717, 1.165) is 0 Å². The number of amides is 1. The predicted octanol–water partition coefficient (Wildman–Crippen LogP) is 1.42. The summed E-state index contributed by atoms with van der Waals surface area (Å²) in [4.78, 5) is 13.0. The molecule has 2 N–H and O–H groups in total. The van der Waals surface area contributed by atoms with Crippen molar-refractivity contribution >= 4 is 5.91 Å². The Labute approximate surface area is 119 Å². The van der Waals surface area contributed by atoms with Crippen LogP contribution in [-0.2, 0) is 0 Å². The van der Waals surface area contributed by atoms with E-state index in [4.69, 9.17) is 15.2 Å². The van der Waals surface area contributed by atoms with Gasteiger partial charge in [0, 0.05) is 13.1 Å². The Kier molecular flexibility index (Phi) is 4.56. The molecule has 0 spiro atoms. The van der Waals surface area contributed by atoms with Gasteiger partial charge < -0.3 is 20.1 Å². The van der Waals surface area contributed by atoms with E-state index in [1.54, 1.807) is 6.07 Å². The number of hydrogen-bond donors (Lipinski definition) is 1. The molecule has 116 valence electrons. The summed E-state index contributed by atoms with van der Waals surface area (Å²) < 4.78 is 48.3. The highest BCUT2D eigenvalue weighted by Crippen LogP contribution is 2.34. The second-order valence-electron chi connectivity index (χ2n) is 4.46. The van der Waals surface area contributed by atoms with Gasteiger partial charge in [-0.3, -0.25) is 4.79 Å². The lowest BCUT2D eigenvalue weighted by molar-refractivity contribution is -0.140. The van der Waals surface area contributed by atoms with Gasteiger partial charge in [-0.15, -0.1) is 0 Å². The number of para-hydroxylation sites is 1. The quantitative estimate of drug-likeness (QED) is 0.914. The molecular weight excluding hydrogens is 289 g/mol. The van der Waals surface area contributed by atoms with Crippen molar-refractivity contribution in [3.05, 3.63) is 23.8 Å². The van der Waals surface area contributed by atoms with Crippen LogP contribution < -0.4 is 15.2 Å². The number of nitrogens with zero attached hydrogens (tertiary/aromatic N) is 1. The van der Waals surface area contributed by atoms with Crippen molar-refractivity contribution in [3.63, 3.8) is 0 Å². The first kappa shape index (κ1) is 15.4. The van der Waals surface area contributed by atoms with Crippen LogP contribution in [0.5, 0.6) is 11.5 Å². The number of ether oxygens (including phenoxy) is 2. The normalized spacial score (nSPS) is 13.9. The van der Waals surface area contributed by atoms with Gasteiger partial charge in [-0.05, 0) is 12.1 Å². The van der Waals surface area contributed by atoms with Gasteiger partial charge in [-0.1, -0.05) is 6.07 Å². The molecule has 0 aromatic heterocycles. The fourth-order valence-electron chi connectivity index (χ4n) is 2.04. The van der Waals surface area contributed by atoms with Crippen LogP contribution >= 0.6 is 0 Å². The number of carbonyl (C=O) groups excluding carboxylic acids is 1. The predicted molar refractivity (Wildman–Crippen MR) is 68.4 cm³/mol. The Morgan fingerprint density at radius 3 is 2.67 bits per heavy atom. The average molecular weight is 304 g/mol. The number of fused-ring (bicyclic) bond motifs is 1. The highest BCUT2D eigenvalue weighted by molar-refractivity contribution is 5.98. The van der Waals surface area contributed by atoms with E-state index in [0.29, 0.717) is 17.3 Å². The molecule has 0 radical (unpaired) electrons. The van der Waals surface area contributed by atoms with Gasteiger partial charge in [0.2, 0.25) is 0 Å². The highest BCUT2D eigenvalue weighted by Gasteiger charge is 2.34. The number of carbonyl (C=O) groups is 1. The van der Waals surface area contributed by atoms with E-state index in [-0.39, 0.29) is 31.0 Å². The molecule has 1 aromatic rings. The second-order valence-corrected chi connectivity index (χ2v) is 4.46. The van der Waals surface area contributed by atoms with Crippen LogP contribution in [0, 0.1) is 0 Å². The minimum Gasteiger partial charge on any atom is -0.486 e. The van der Waals surface area contributed by atoms with Crippen LogP contribution in [0.4, 0.5) is 13.2 Å². The van der Waals surface area contributed by atoms with Crippen LogP contribution in [0.3, 0.4) is 0 Å². The van der Waals surface area contributed by atoms with Crippen LogP contribution in [0.25, 0.3) is 0 Å². The number of hydrogen-bond acceptors (Lipinski definition) is 4. The van der Waals surface area contributed by atoms with Gasteiger partial charge in [0.15, 0.2) is 11.5 Å². The first-order valence-electron chi connectivity index (χ1n) is 6.37. The van der Waals surface area contributed by atoms with Crippen molar-refractivity contribution in [2.75, 3.05) is 32.8 Å². The molecule has 5 nitrogen and oxygen atoms in total.